The average molecular weight is 443 g/mol. The number of nitrogens with zero attached hydrogens (tertiary/aromatic N) is 1. The van der Waals surface area contributed by atoms with Crippen LogP contribution in [0.3, 0.4) is 0 Å². The van der Waals surface area contributed by atoms with Gasteiger partial charge in [0.25, 0.3) is 5.91 Å². The van der Waals surface area contributed by atoms with Crippen LogP contribution in [0.1, 0.15) is 57.5 Å². The summed E-state index contributed by atoms with van der Waals surface area (Å²) >= 11 is 20.3. The van der Waals surface area contributed by atoms with E-state index < -0.39 is 25.9 Å². The second-order valence-corrected chi connectivity index (χ2v) is 11.2. The van der Waals surface area contributed by atoms with E-state index in [4.69, 9.17) is 34.8 Å². The topological polar surface area (TPSA) is 46.5 Å². The first-order chi connectivity index (χ1) is 12.5. The molecule has 0 heterocycles. The minimum Gasteiger partial charge on any atom is -0.292 e. The number of hydrogen-bond donors (Lipinski definition) is 0. The quantitative estimate of drug-likeness (QED) is 0.477. The highest BCUT2D eigenvalue weighted by Crippen LogP contribution is 2.56. The van der Waals surface area contributed by atoms with Crippen LogP contribution in [-0.2, 0) is 4.79 Å². The number of amides is 1. The monoisotopic (exact) mass is 441 g/mol. The number of benzene rings is 1. The molecule has 2 rings (SSSR count). The minimum atomic E-state index is -1.88. The van der Waals surface area contributed by atoms with Crippen LogP contribution >= 0.6 is 34.8 Å². The number of aliphatic imine (C=N–C) groups is 1. The van der Waals surface area contributed by atoms with Gasteiger partial charge < -0.3 is 0 Å². The van der Waals surface area contributed by atoms with Crippen LogP contribution in [0.2, 0.25) is 0 Å². The molecule has 1 amide bonds. The smallest absolute Gasteiger partial charge is 0.277 e. The fraction of sp³-hybridized carbons (Fsp3) is 0.500. The molecule has 1 aromatic rings. The Hall–Kier alpha value is -1.16. The summed E-state index contributed by atoms with van der Waals surface area (Å²) in [5, 5.41) is 0. The van der Waals surface area contributed by atoms with Crippen molar-refractivity contribution in [3.05, 3.63) is 47.0 Å². The molecule has 3 nitrogen and oxygen atoms in total. The molecular formula is C22H26Cl3NO2. The Morgan fingerprint density at radius 1 is 0.964 bits per heavy atom. The van der Waals surface area contributed by atoms with Gasteiger partial charge in [-0.3, -0.25) is 9.59 Å². The zero-order valence-electron chi connectivity index (χ0n) is 17.3. The van der Waals surface area contributed by atoms with E-state index in [0.29, 0.717) is 11.1 Å². The number of carbonyl (C=O) groups is 2. The molecule has 1 aromatic carbocycles. The molecule has 0 saturated heterocycles. The maximum atomic E-state index is 13.4. The van der Waals surface area contributed by atoms with Gasteiger partial charge in [-0.05, 0) is 36.0 Å². The lowest BCUT2D eigenvalue weighted by atomic mass is 9.65. The third kappa shape index (κ3) is 3.81. The van der Waals surface area contributed by atoms with Gasteiger partial charge in [-0.25, -0.2) is 4.99 Å². The van der Waals surface area contributed by atoms with Gasteiger partial charge in [0, 0.05) is 11.1 Å². The number of alkyl halides is 3. The Kier molecular flexibility index (Phi) is 6.00. The lowest BCUT2D eigenvalue weighted by Crippen LogP contribution is -2.63. The van der Waals surface area contributed by atoms with Gasteiger partial charge in [0.2, 0.25) is 0 Å². The van der Waals surface area contributed by atoms with E-state index in [1.54, 1.807) is 32.9 Å². The summed E-state index contributed by atoms with van der Waals surface area (Å²) < 4.78 is -1.88. The predicted octanol–water partition coefficient (Wildman–Crippen LogP) is 6.33. The van der Waals surface area contributed by atoms with Crippen LogP contribution in [0.4, 0.5) is 0 Å². The van der Waals surface area contributed by atoms with Gasteiger partial charge in [0.1, 0.15) is 0 Å². The fourth-order valence-electron chi connectivity index (χ4n) is 3.14. The molecule has 0 aromatic heterocycles. The van der Waals surface area contributed by atoms with Gasteiger partial charge in [-0.1, -0.05) is 82.4 Å². The van der Waals surface area contributed by atoms with Gasteiger partial charge in [-0.2, -0.15) is 0 Å². The van der Waals surface area contributed by atoms with E-state index in [1.807, 2.05) is 39.8 Å². The zero-order valence-corrected chi connectivity index (χ0v) is 19.6. The van der Waals surface area contributed by atoms with Crippen LogP contribution in [0, 0.1) is 17.8 Å². The van der Waals surface area contributed by atoms with E-state index in [1.165, 1.54) is 6.08 Å². The molecule has 1 aliphatic rings. The molecule has 0 fully saturated rings. The first-order valence-corrected chi connectivity index (χ1v) is 10.2. The van der Waals surface area contributed by atoms with Gasteiger partial charge >= 0.3 is 0 Å². The second-order valence-electron chi connectivity index (χ2n) is 9.29. The number of allylic oxidation sites excluding steroid dienone is 2. The van der Waals surface area contributed by atoms with E-state index in [-0.39, 0.29) is 11.5 Å². The van der Waals surface area contributed by atoms with Crippen molar-refractivity contribution in [3.8, 4) is 0 Å². The number of aryl methyl sites for hydroxylation is 1. The molecule has 0 N–H and O–H groups in total. The fourth-order valence-corrected chi connectivity index (χ4v) is 4.27. The van der Waals surface area contributed by atoms with Crippen molar-refractivity contribution in [1.29, 1.82) is 0 Å². The van der Waals surface area contributed by atoms with Crippen molar-refractivity contribution in [2.45, 2.75) is 57.7 Å². The predicted molar refractivity (Wildman–Crippen MR) is 118 cm³/mol. The highest BCUT2D eigenvalue weighted by Gasteiger charge is 2.66. The molecule has 0 saturated carbocycles. The molecule has 28 heavy (non-hydrogen) atoms. The first-order valence-electron chi connectivity index (χ1n) is 9.07. The third-order valence-corrected chi connectivity index (χ3v) is 7.12. The molecule has 1 aliphatic carbocycles. The highest BCUT2D eigenvalue weighted by atomic mass is 35.5. The number of hydrogen-bond acceptors (Lipinski definition) is 2. The van der Waals surface area contributed by atoms with E-state index >= 15 is 0 Å². The van der Waals surface area contributed by atoms with Crippen molar-refractivity contribution in [3.63, 3.8) is 0 Å². The van der Waals surface area contributed by atoms with Crippen molar-refractivity contribution >= 4 is 52.2 Å². The SMILES string of the molecule is Cc1ccc(C(=O)N=C2C=C(C(C)(C)C)C(=O)[C@@](Cl)(C(C)(C)C)C2(Cl)Cl)cc1. The number of rotatable bonds is 1. The second kappa shape index (κ2) is 7.27. The maximum Gasteiger partial charge on any atom is 0.277 e. The number of Topliss-reactive ketones (excluding diaryl/α,β-unsaturated/α-hetero) is 1. The third-order valence-electron chi connectivity index (χ3n) is 4.95. The molecular weight excluding hydrogens is 417 g/mol. The minimum absolute atomic E-state index is 0.0795. The van der Waals surface area contributed by atoms with Crippen LogP contribution in [0.15, 0.2) is 40.9 Å². The van der Waals surface area contributed by atoms with E-state index in [9.17, 15) is 9.59 Å². The summed E-state index contributed by atoms with van der Waals surface area (Å²) in [4.78, 5) is 28.6. The summed E-state index contributed by atoms with van der Waals surface area (Å²) in [7, 11) is 0. The molecule has 0 bridgehead atoms. The van der Waals surface area contributed by atoms with Crippen LogP contribution in [0.25, 0.3) is 0 Å². The molecule has 0 radical (unpaired) electrons. The Labute approximate surface area is 182 Å². The average Bonchev–Trinajstić information content (AvgIpc) is 2.53. The first kappa shape index (κ1) is 23.1. The van der Waals surface area contributed by atoms with Crippen molar-refractivity contribution in [2.24, 2.45) is 15.8 Å². The van der Waals surface area contributed by atoms with Crippen molar-refractivity contribution < 1.29 is 9.59 Å². The summed E-state index contributed by atoms with van der Waals surface area (Å²) in [5.41, 5.74) is 0.619. The van der Waals surface area contributed by atoms with Crippen molar-refractivity contribution in [1.82, 2.24) is 0 Å². The standard InChI is InChI=1S/C22H26Cl3NO2/c1-13-8-10-14(11-9-13)18(28)26-16-12-15(19(2,3)4)17(27)21(23,20(5,6)7)22(16,24)25/h8-12H,1-7H3/t21-/m1/s1. The van der Waals surface area contributed by atoms with E-state index in [0.717, 1.165) is 5.56 Å². The molecule has 152 valence electrons. The normalized spacial score (nSPS) is 24.3. The Morgan fingerprint density at radius 3 is 1.89 bits per heavy atom. The Bertz CT molecular complexity index is 869. The molecule has 0 aliphatic heterocycles. The summed E-state index contributed by atoms with van der Waals surface area (Å²) in [5.74, 6) is -0.839. The lowest BCUT2D eigenvalue weighted by molar-refractivity contribution is -0.121. The van der Waals surface area contributed by atoms with Crippen molar-refractivity contribution in [2.75, 3.05) is 0 Å². The van der Waals surface area contributed by atoms with Crippen LogP contribution < -0.4 is 0 Å². The van der Waals surface area contributed by atoms with Crippen LogP contribution in [0.5, 0.6) is 0 Å². The lowest BCUT2D eigenvalue weighted by Gasteiger charge is -2.49. The number of ketones is 1. The summed E-state index contributed by atoms with van der Waals surface area (Å²) in [6.07, 6.45) is 1.51. The molecule has 1 atom stereocenters. The largest absolute Gasteiger partial charge is 0.292 e. The Morgan fingerprint density at radius 2 is 1.46 bits per heavy atom. The Balaban J connectivity index is 2.73. The van der Waals surface area contributed by atoms with Gasteiger partial charge in [-0.15, -0.1) is 11.6 Å². The van der Waals surface area contributed by atoms with Crippen LogP contribution in [-0.4, -0.2) is 26.6 Å². The molecule has 0 unspecified atom stereocenters. The number of carbonyl (C=O) groups excluding carboxylic acids is 2. The molecule has 6 heteroatoms. The zero-order chi connectivity index (χ0) is 21.7. The van der Waals surface area contributed by atoms with E-state index in [2.05, 4.69) is 4.99 Å². The molecule has 0 spiro atoms. The highest BCUT2D eigenvalue weighted by molar-refractivity contribution is 6.69. The maximum absolute atomic E-state index is 13.4. The van der Waals surface area contributed by atoms with Gasteiger partial charge in [0.05, 0.1) is 5.71 Å². The number of halogens is 3. The van der Waals surface area contributed by atoms with Gasteiger partial charge in [0.15, 0.2) is 15.0 Å². The summed E-state index contributed by atoms with van der Waals surface area (Å²) in [6.45, 7) is 13.0. The summed E-state index contributed by atoms with van der Waals surface area (Å²) in [6, 6.07) is 7.02.